The Bertz CT molecular complexity index is 1530. The fourth-order valence-corrected chi connectivity index (χ4v) is 9.39. The van der Waals surface area contributed by atoms with Crippen molar-refractivity contribution in [2.75, 3.05) is 0 Å². The third kappa shape index (κ3) is 5.28. The van der Waals surface area contributed by atoms with Gasteiger partial charge in [-0.3, -0.25) is 0 Å². The standard InChI is InChI=1S/C34H34STe/c1-2-3-4-5-6-7-8-9-10-24-11-13-25(14-12-24)33-23-31-20-28-18-27-17-26-15-16-35-32(26)21-29(27)19-30(28)22-34(31)36-33/h11-23H,2-10H2,1H3. The van der Waals surface area contributed by atoms with Gasteiger partial charge in [0.05, 0.1) is 0 Å². The molecule has 6 rings (SSSR count). The topological polar surface area (TPSA) is 0 Å². The number of fused-ring (bicyclic) bond motifs is 4. The van der Waals surface area contributed by atoms with Crippen LogP contribution in [0.15, 0.2) is 78.2 Å². The first-order valence-electron chi connectivity index (χ1n) is 13.6. The van der Waals surface area contributed by atoms with Gasteiger partial charge in [-0.2, -0.15) is 0 Å². The summed E-state index contributed by atoms with van der Waals surface area (Å²) < 4.78 is 4.54. The van der Waals surface area contributed by atoms with Crippen LogP contribution in [-0.4, -0.2) is 20.4 Å². The SMILES string of the molecule is CCCCCCCCCCc1ccc(-c2cc3cc4cc5cc6ccsc6cc5cc4cc3[te]2)cc1. The molecule has 0 saturated heterocycles. The van der Waals surface area contributed by atoms with Gasteiger partial charge in [-0.1, -0.05) is 19.8 Å². The number of hydrogen-bond acceptors (Lipinski definition) is 1. The summed E-state index contributed by atoms with van der Waals surface area (Å²) in [5.41, 5.74) is 2.93. The van der Waals surface area contributed by atoms with Gasteiger partial charge in [-0.25, -0.2) is 0 Å². The Labute approximate surface area is 228 Å². The quantitative estimate of drug-likeness (QED) is 0.0832. The van der Waals surface area contributed by atoms with Gasteiger partial charge in [0.1, 0.15) is 0 Å². The van der Waals surface area contributed by atoms with Crippen molar-refractivity contribution in [3.05, 3.63) is 83.7 Å². The van der Waals surface area contributed by atoms with Gasteiger partial charge in [0.25, 0.3) is 0 Å². The van der Waals surface area contributed by atoms with Gasteiger partial charge in [-0.15, -0.1) is 0 Å². The first-order chi connectivity index (χ1) is 17.8. The molecule has 2 heteroatoms. The van der Waals surface area contributed by atoms with Crippen molar-refractivity contribution in [3.8, 4) is 9.14 Å². The van der Waals surface area contributed by atoms with Crippen LogP contribution in [0.25, 0.3) is 49.6 Å². The van der Waals surface area contributed by atoms with Gasteiger partial charge < -0.3 is 0 Å². The molecule has 0 aliphatic rings. The molecule has 0 spiro atoms. The van der Waals surface area contributed by atoms with E-state index < -0.39 is 0 Å². The van der Waals surface area contributed by atoms with Crippen molar-refractivity contribution in [2.24, 2.45) is 0 Å². The summed E-state index contributed by atoms with van der Waals surface area (Å²) in [7, 11) is 0. The maximum atomic E-state index is 2.48. The molecule has 0 unspecified atom stereocenters. The zero-order valence-corrected chi connectivity index (χ0v) is 24.3. The van der Waals surface area contributed by atoms with Crippen molar-refractivity contribution in [1.29, 1.82) is 0 Å². The summed E-state index contributed by atoms with van der Waals surface area (Å²) in [6.07, 6.45) is 12.3. The Morgan fingerprint density at radius 2 is 1.22 bits per heavy atom. The molecule has 36 heavy (non-hydrogen) atoms. The summed E-state index contributed by atoms with van der Waals surface area (Å²) in [6.45, 7) is 2.29. The first kappa shape index (κ1) is 24.2. The molecule has 0 saturated carbocycles. The molecule has 0 aliphatic carbocycles. The first-order valence-corrected chi connectivity index (χ1v) is 16.9. The number of thiophene rings is 1. The van der Waals surface area contributed by atoms with Crippen LogP contribution in [0.4, 0.5) is 0 Å². The van der Waals surface area contributed by atoms with Crippen molar-refractivity contribution in [3.63, 3.8) is 0 Å². The predicted molar refractivity (Wildman–Crippen MR) is 163 cm³/mol. The molecule has 2 heterocycles. The van der Waals surface area contributed by atoms with Crippen molar-refractivity contribution in [2.45, 2.75) is 64.7 Å². The van der Waals surface area contributed by atoms with Gasteiger partial charge in [0.2, 0.25) is 0 Å². The second kappa shape index (κ2) is 11.1. The molecule has 4 aromatic carbocycles. The molecule has 0 N–H and O–H groups in total. The van der Waals surface area contributed by atoms with Crippen LogP contribution >= 0.6 is 11.3 Å². The Hall–Kier alpha value is -2.11. The summed E-state index contributed by atoms with van der Waals surface area (Å²) in [5.74, 6) is 0. The van der Waals surface area contributed by atoms with E-state index in [-0.39, 0.29) is 20.4 Å². The number of aryl methyl sites for hydroxylation is 1. The Kier molecular flexibility index (Phi) is 7.47. The average Bonchev–Trinajstić information content (AvgIpc) is 3.52. The zero-order chi connectivity index (χ0) is 24.3. The summed E-state index contributed by atoms with van der Waals surface area (Å²) in [6, 6.07) is 28.6. The van der Waals surface area contributed by atoms with Crippen LogP contribution in [0.5, 0.6) is 0 Å². The normalized spacial score (nSPS) is 11.9. The van der Waals surface area contributed by atoms with Gasteiger partial charge >= 0.3 is 210 Å². The second-order valence-electron chi connectivity index (χ2n) is 10.3. The summed E-state index contributed by atoms with van der Waals surface area (Å²) in [5, 5.41) is 10.4. The molecule has 2 aromatic heterocycles. The van der Waals surface area contributed by atoms with E-state index in [0.29, 0.717) is 0 Å². The van der Waals surface area contributed by atoms with E-state index in [1.54, 1.807) is 6.98 Å². The van der Waals surface area contributed by atoms with Gasteiger partial charge in [-0.05, 0) is 0 Å². The number of benzene rings is 4. The number of hydrogen-bond donors (Lipinski definition) is 0. The minimum absolute atomic E-state index is 0.344. The van der Waals surface area contributed by atoms with Crippen molar-refractivity contribution >= 4 is 72.2 Å². The van der Waals surface area contributed by atoms with Crippen LogP contribution in [0.2, 0.25) is 0 Å². The Morgan fingerprint density at radius 3 is 2.00 bits per heavy atom. The van der Waals surface area contributed by atoms with Crippen molar-refractivity contribution < 1.29 is 0 Å². The van der Waals surface area contributed by atoms with E-state index in [1.165, 1.54) is 106 Å². The van der Waals surface area contributed by atoms with Crippen molar-refractivity contribution in [1.82, 2.24) is 0 Å². The molecule has 0 nitrogen and oxygen atoms in total. The Balaban J connectivity index is 1.16. The van der Waals surface area contributed by atoms with Gasteiger partial charge in [0, 0.05) is 0 Å². The Morgan fingerprint density at radius 1 is 0.583 bits per heavy atom. The predicted octanol–water partition coefficient (Wildman–Crippen LogP) is 10.8. The number of rotatable bonds is 10. The summed E-state index contributed by atoms with van der Waals surface area (Å²) >= 11 is 1.49. The van der Waals surface area contributed by atoms with E-state index in [2.05, 4.69) is 85.1 Å². The molecule has 0 aliphatic heterocycles. The molecule has 0 radical (unpaired) electrons. The molecule has 0 bridgehead atoms. The minimum atomic E-state index is -0.344. The van der Waals surface area contributed by atoms with E-state index in [0.717, 1.165) is 0 Å². The van der Waals surface area contributed by atoms with Crippen LogP contribution < -0.4 is 0 Å². The second-order valence-corrected chi connectivity index (χ2v) is 14.3. The third-order valence-corrected chi connectivity index (χ3v) is 11.7. The van der Waals surface area contributed by atoms with Crippen LogP contribution in [0.1, 0.15) is 63.9 Å². The molecule has 0 atom stereocenters. The third-order valence-electron chi connectivity index (χ3n) is 7.56. The van der Waals surface area contributed by atoms with E-state index in [4.69, 9.17) is 0 Å². The maximum absolute atomic E-state index is 2.48. The fourth-order valence-electron chi connectivity index (χ4n) is 5.44. The van der Waals surface area contributed by atoms with Crippen LogP contribution in [0.3, 0.4) is 0 Å². The van der Waals surface area contributed by atoms with Crippen LogP contribution in [-0.2, 0) is 6.42 Å². The molecule has 182 valence electrons. The molecular weight excluding hydrogens is 568 g/mol. The summed E-state index contributed by atoms with van der Waals surface area (Å²) in [4.78, 5) is 0. The van der Waals surface area contributed by atoms with Gasteiger partial charge in [0.15, 0.2) is 0 Å². The molecular formula is C34H34STe. The molecule has 6 aromatic rings. The van der Waals surface area contributed by atoms with E-state index >= 15 is 0 Å². The average molecular weight is 602 g/mol. The fraction of sp³-hybridized carbons (Fsp3) is 0.294. The number of unbranched alkanes of at least 4 members (excludes halogenated alkanes) is 7. The monoisotopic (exact) mass is 604 g/mol. The van der Waals surface area contributed by atoms with Crippen LogP contribution in [0, 0.1) is 0 Å². The van der Waals surface area contributed by atoms with E-state index in [1.807, 2.05) is 11.3 Å². The molecule has 0 amide bonds. The molecule has 0 fully saturated rings. The zero-order valence-electron chi connectivity index (χ0n) is 21.2. The van der Waals surface area contributed by atoms with E-state index in [9.17, 15) is 0 Å².